The second kappa shape index (κ2) is 18.3. The molecule has 0 amide bonds. The number of nitrogens with one attached hydrogen (secondary N) is 1. The number of anilines is 3. The molecule has 0 atom stereocenters. The Morgan fingerprint density at radius 3 is 1.40 bits per heavy atom. The van der Waals surface area contributed by atoms with E-state index in [9.17, 15) is 5.11 Å². The van der Waals surface area contributed by atoms with Crippen molar-refractivity contribution in [1.29, 1.82) is 0 Å². The minimum atomic E-state index is -0.750. The Balaban J connectivity index is 0.000000474. The van der Waals surface area contributed by atoms with Gasteiger partial charge in [0.05, 0.1) is 0 Å². The molecule has 4 aromatic rings. The molecule has 4 rings (SSSR count). The Kier molecular flexibility index (Phi) is 17.3. The first kappa shape index (κ1) is 33.0. The Hall–Kier alpha value is -1.97. The van der Waals surface area contributed by atoms with Crippen molar-refractivity contribution < 1.29 is 34.7 Å². The van der Waals surface area contributed by atoms with Crippen LogP contribution in [0.1, 0.15) is 20.8 Å². The van der Waals surface area contributed by atoms with E-state index in [1.165, 1.54) is 12.4 Å². The zero-order valence-corrected chi connectivity index (χ0v) is 24.3. The summed E-state index contributed by atoms with van der Waals surface area (Å²) in [5.74, 6) is 0.570. The molecule has 0 spiro atoms. The van der Waals surface area contributed by atoms with Crippen LogP contribution >= 0.6 is 34.8 Å². The molecule has 0 aliphatic heterocycles. The molecular formula is C24H26Cl3N6NaO. The molecule has 0 fully saturated rings. The molecule has 3 N–H and O–H groups in total. The van der Waals surface area contributed by atoms with Crippen molar-refractivity contribution in [3.05, 3.63) is 101 Å². The molecule has 0 aliphatic carbocycles. The van der Waals surface area contributed by atoms with Crippen molar-refractivity contribution in [3.63, 3.8) is 0 Å². The first-order valence-corrected chi connectivity index (χ1v) is 11.1. The number of halogens is 3. The summed E-state index contributed by atoms with van der Waals surface area (Å²) >= 11 is 16.6. The molecule has 35 heavy (non-hydrogen) atoms. The molecule has 0 bridgehead atoms. The van der Waals surface area contributed by atoms with Crippen LogP contribution in [0.5, 0.6) is 0 Å². The number of nitrogens with zero attached hydrogens (tertiary/aromatic N) is 4. The normalized spacial score (nSPS) is 9.46. The molecule has 7 nitrogen and oxygen atoms in total. The quantitative estimate of drug-likeness (QED) is 0.295. The summed E-state index contributed by atoms with van der Waals surface area (Å²) in [5.41, 5.74) is 6.37. The van der Waals surface area contributed by atoms with Crippen molar-refractivity contribution in [2.45, 2.75) is 26.4 Å². The largest absolute Gasteiger partial charge is 1.00 e. The second-order valence-electron chi connectivity index (χ2n) is 7.35. The Morgan fingerprint density at radius 2 is 1.06 bits per heavy atom. The van der Waals surface area contributed by atoms with E-state index in [1.807, 2.05) is 60.7 Å². The monoisotopic (exact) mass is 542 g/mol. The summed E-state index contributed by atoms with van der Waals surface area (Å²) in [5, 5.41) is 14.0. The maximum absolute atomic E-state index is 10.1. The van der Waals surface area contributed by atoms with Crippen LogP contribution in [-0.2, 0) is 0 Å². The van der Waals surface area contributed by atoms with E-state index < -0.39 is 5.60 Å². The van der Waals surface area contributed by atoms with E-state index in [4.69, 9.17) is 40.5 Å². The molecule has 2 aromatic carbocycles. The number of aromatic nitrogens is 4. The van der Waals surface area contributed by atoms with Gasteiger partial charge in [0.2, 0.25) is 0 Å². The molecule has 180 valence electrons. The number of hydrogen-bond acceptors (Lipinski definition) is 7. The van der Waals surface area contributed by atoms with Crippen LogP contribution in [0.4, 0.5) is 17.2 Å². The average Bonchev–Trinajstić information content (AvgIpc) is 2.79. The summed E-state index contributed by atoms with van der Waals surface area (Å²) in [6.45, 7) is 4.90. The van der Waals surface area contributed by atoms with E-state index in [0.29, 0.717) is 11.0 Å². The number of hydrogen-bond donors (Lipinski definition) is 2. The predicted octanol–water partition coefficient (Wildman–Crippen LogP) is 3.08. The van der Waals surface area contributed by atoms with Crippen molar-refractivity contribution in [2.24, 2.45) is 0 Å². The smallest absolute Gasteiger partial charge is 0.850 e. The molecule has 0 saturated heterocycles. The van der Waals surface area contributed by atoms with Crippen molar-refractivity contribution in [1.82, 2.24) is 19.9 Å². The summed E-state index contributed by atoms with van der Waals surface area (Å²) in [6.07, 6.45) is 6.11. The summed E-state index contributed by atoms with van der Waals surface area (Å²) in [7, 11) is 0. The second-order valence-corrected chi connectivity index (χ2v) is 8.42. The van der Waals surface area contributed by atoms with E-state index in [1.54, 1.807) is 33.2 Å². The summed E-state index contributed by atoms with van der Waals surface area (Å²) in [4.78, 5) is 15.3. The number of nitrogen functional groups attached to an aromatic ring is 1. The Bertz CT molecular complexity index is 1060. The van der Waals surface area contributed by atoms with Crippen LogP contribution in [0.2, 0.25) is 15.5 Å². The van der Waals surface area contributed by atoms with E-state index >= 15 is 0 Å². The van der Waals surface area contributed by atoms with Gasteiger partial charge in [-0.15, -0.1) is 5.60 Å². The summed E-state index contributed by atoms with van der Waals surface area (Å²) < 4.78 is 0. The topological polar surface area (TPSA) is 113 Å². The van der Waals surface area contributed by atoms with E-state index in [2.05, 4.69) is 25.3 Å². The molecule has 0 aliphatic rings. The molecule has 11 heteroatoms. The van der Waals surface area contributed by atoms with Gasteiger partial charge in [0.25, 0.3) is 0 Å². The maximum atomic E-state index is 10.1. The van der Waals surface area contributed by atoms with Gasteiger partial charge in [0.1, 0.15) is 0 Å². The third-order valence-electron chi connectivity index (χ3n) is 3.10. The molecule has 2 heterocycles. The Labute approximate surface area is 243 Å². The van der Waals surface area contributed by atoms with Gasteiger partial charge in [-0.3, -0.25) is 0 Å². The first-order chi connectivity index (χ1) is 16.1. The number of benzene rings is 2. The van der Waals surface area contributed by atoms with Crippen molar-refractivity contribution in [2.75, 3.05) is 11.1 Å². The fourth-order valence-corrected chi connectivity index (χ4v) is 2.18. The van der Waals surface area contributed by atoms with Crippen LogP contribution in [0, 0.1) is 0 Å². The SMILES string of the molecule is CC(C)(C)[O-].Clc1nccnc1Cl.Clc1nccnc1Nc1ccccc1.Nc1ccccc1.[Na+]. The van der Waals surface area contributed by atoms with Crippen LogP contribution in [-0.4, -0.2) is 25.5 Å². The van der Waals surface area contributed by atoms with Crippen LogP contribution in [0.25, 0.3) is 0 Å². The molecule has 2 aromatic heterocycles. The van der Waals surface area contributed by atoms with Gasteiger partial charge in [-0.1, -0.05) is 92.0 Å². The standard InChI is InChI=1S/C10H8ClN3.C6H7N.C4H2Cl2N2.C4H9O.Na/c11-9-10(13-7-6-12-9)14-8-4-2-1-3-5-8;7-6-4-2-1-3-5-6;5-3-4(6)8-2-1-7-3;1-4(2,3)5;/h1-7H,(H,13,14);1-5H,7H2;1-2H;1-3H3;/q;;;-1;+1. The first-order valence-electron chi connectivity index (χ1n) is 9.98. The zero-order chi connectivity index (χ0) is 25.4. The summed E-state index contributed by atoms with van der Waals surface area (Å²) in [6, 6.07) is 19.2. The van der Waals surface area contributed by atoms with Crippen LogP contribution in [0.3, 0.4) is 0 Å². The van der Waals surface area contributed by atoms with Crippen molar-refractivity contribution in [3.8, 4) is 0 Å². The van der Waals surface area contributed by atoms with Gasteiger partial charge in [0.15, 0.2) is 21.3 Å². The third kappa shape index (κ3) is 18.0. The predicted molar refractivity (Wildman–Crippen MR) is 139 cm³/mol. The molecule has 0 unspecified atom stereocenters. The fraction of sp³-hybridized carbons (Fsp3) is 0.167. The minimum Gasteiger partial charge on any atom is -0.850 e. The molecule has 0 saturated carbocycles. The van der Waals surface area contributed by atoms with Gasteiger partial charge >= 0.3 is 29.6 Å². The Morgan fingerprint density at radius 1 is 0.686 bits per heavy atom. The zero-order valence-electron chi connectivity index (χ0n) is 20.0. The number of para-hydroxylation sites is 2. The fourth-order valence-electron chi connectivity index (χ4n) is 1.82. The van der Waals surface area contributed by atoms with E-state index in [0.717, 1.165) is 11.4 Å². The van der Waals surface area contributed by atoms with Crippen LogP contribution < -0.4 is 45.7 Å². The minimum absolute atomic E-state index is 0. The number of nitrogens with two attached hydrogens (primary N) is 1. The van der Waals surface area contributed by atoms with Crippen LogP contribution in [0.15, 0.2) is 85.5 Å². The van der Waals surface area contributed by atoms with Crippen molar-refractivity contribution >= 4 is 52.0 Å². The van der Waals surface area contributed by atoms with Gasteiger partial charge in [-0.05, 0) is 24.3 Å². The third-order valence-corrected chi connectivity index (χ3v) is 4.03. The maximum Gasteiger partial charge on any atom is 1.00 e. The van der Waals surface area contributed by atoms with Gasteiger partial charge in [0, 0.05) is 36.2 Å². The van der Waals surface area contributed by atoms with Gasteiger partial charge in [-0.2, -0.15) is 0 Å². The van der Waals surface area contributed by atoms with E-state index in [-0.39, 0.29) is 39.9 Å². The molecular weight excluding hydrogens is 518 g/mol. The van der Waals surface area contributed by atoms with Gasteiger partial charge < -0.3 is 16.2 Å². The number of rotatable bonds is 2. The molecule has 0 radical (unpaired) electrons. The average molecular weight is 544 g/mol. The van der Waals surface area contributed by atoms with Gasteiger partial charge in [-0.25, -0.2) is 19.9 Å².